The second-order valence-corrected chi connectivity index (χ2v) is 17.3. The summed E-state index contributed by atoms with van der Waals surface area (Å²) in [4.78, 5) is 21.0. The molecule has 0 aliphatic carbocycles. The minimum atomic E-state index is -2.05. The quantitative estimate of drug-likeness (QED) is 0.170. The predicted molar refractivity (Wildman–Crippen MR) is 236 cm³/mol. The summed E-state index contributed by atoms with van der Waals surface area (Å²) in [6.45, 7) is 0. The summed E-state index contributed by atoms with van der Waals surface area (Å²) in [6.07, 6.45) is 0. The van der Waals surface area contributed by atoms with E-state index in [-0.39, 0.29) is 0 Å². The fourth-order valence-corrected chi connectivity index (χ4v) is 13.2. The number of fused-ring (bicyclic) bond motifs is 5. The lowest BCUT2D eigenvalue weighted by molar-refractivity contribution is 1.07. The van der Waals surface area contributed by atoms with Crippen LogP contribution in [-0.2, 0) is 0 Å². The van der Waals surface area contributed by atoms with Crippen LogP contribution in [0.1, 0.15) is 0 Å². The summed E-state index contributed by atoms with van der Waals surface area (Å²) < 4.78 is 0. The van der Waals surface area contributed by atoms with Gasteiger partial charge in [0.25, 0.3) is 0 Å². The number of nitrogens with zero attached hydrogens (tertiary/aromatic N) is 3. The first-order chi connectivity index (χ1) is 28.3. The van der Waals surface area contributed by atoms with Crippen LogP contribution < -0.4 is 0 Å². The fourth-order valence-electron chi connectivity index (χ4n) is 8.61. The van der Waals surface area contributed by atoms with E-state index < -0.39 is 10.0 Å². The third-order valence-electron chi connectivity index (χ3n) is 11.2. The molecular formula is C53H35N3S. The van der Waals surface area contributed by atoms with E-state index in [1.807, 2.05) is 24.3 Å². The molecule has 3 nitrogen and oxygen atoms in total. The van der Waals surface area contributed by atoms with Crippen molar-refractivity contribution in [1.82, 2.24) is 15.0 Å². The van der Waals surface area contributed by atoms with E-state index in [1.54, 1.807) is 0 Å². The Labute approximate surface area is 333 Å². The third kappa shape index (κ3) is 5.33. The highest BCUT2D eigenvalue weighted by atomic mass is 32.3. The van der Waals surface area contributed by atoms with Gasteiger partial charge in [0, 0.05) is 41.8 Å². The Morgan fingerprint density at radius 1 is 0.263 bits per heavy atom. The van der Waals surface area contributed by atoms with Crippen molar-refractivity contribution in [3.05, 3.63) is 212 Å². The second kappa shape index (κ2) is 13.6. The van der Waals surface area contributed by atoms with Crippen LogP contribution in [0.4, 0.5) is 0 Å². The molecule has 0 amide bonds. The highest BCUT2D eigenvalue weighted by Crippen LogP contribution is 2.82. The summed E-state index contributed by atoms with van der Waals surface area (Å²) in [6, 6.07) is 76.4. The monoisotopic (exact) mass is 745 g/mol. The standard InChI is InChI=1S/C53H35N3S/c1-3-16-36(17-4-1)37-32-34-41(35-33-37)52-54-51(40-20-5-2-6-21-40)55-53(56-52)45-27-15-31-49-50(45)44-26-11-12-28-48(44)57(49,46-29-13-22-38-18-7-9-24-42(38)46)47-30-14-23-39-19-8-10-25-43(39)47/h1-35H. The van der Waals surface area contributed by atoms with Gasteiger partial charge in [0.1, 0.15) is 0 Å². The summed E-state index contributed by atoms with van der Waals surface area (Å²) in [7, 11) is -2.05. The van der Waals surface area contributed by atoms with Crippen molar-refractivity contribution in [2.24, 2.45) is 0 Å². The largest absolute Gasteiger partial charge is 0.208 e. The van der Waals surface area contributed by atoms with E-state index in [0.717, 1.165) is 22.3 Å². The van der Waals surface area contributed by atoms with Gasteiger partial charge in [-0.1, -0.05) is 188 Å². The van der Waals surface area contributed by atoms with Crippen LogP contribution in [0.3, 0.4) is 0 Å². The third-order valence-corrected chi connectivity index (χ3v) is 15.2. The molecule has 0 atom stereocenters. The number of hydrogen-bond donors (Lipinski definition) is 0. The maximum absolute atomic E-state index is 5.33. The molecule has 1 aromatic heterocycles. The number of hydrogen-bond acceptors (Lipinski definition) is 3. The van der Waals surface area contributed by atoms with Gasteiger partial charge in [-0.3, -0.25) is 0 Å². The van der Waals surface area contributed by atoms with Crippen molar-refractivity contribution in [1.29, 1.82) is 0 Å². The highest BCUT2D eigenvalue weighted by Gasteiger charge is 2.44. The summed E-state index contributed by atoms with van der Waals surface area (Å²) in [5.74, 6) is 1.95. The molecule has 0 fully saturated rings. The van der Waals surface area contributed by atoms with Gasteiger partial charge in [0.05, 0.1) is 0 Å². The van der Waals surface area contributed by atoms with Crippen molar-refractivity contribution in [2.45, 2.75) is 19.6 Å². The average molecular weight is 746 g/mol. The molecule has 268 valence electrons. The van der Waals surface area contributed by atoms with E-state index in [2.05, 4.69) is 188 Å². The minimum absolute atomic E-state index is 0.643. The Hall–Kier alpha value is -7.14. The van der Waals surface area contributed by atoms with E-state index >= 15 is 0 Å². The van der Waals surface area contributed by atoms with Crippen molar-refractivity contribution >= 4 is 31.6 Å². The van der Waals surface area contributed by atoms with Gasteiger partial charge in [-0.05, 0) is 62.5 Å². The van der Waals surface area contributed by atoms with E-state index in [9.17, 15) is 0 Å². The highest BCUT2D eigenvalue weighted by molar-refractivity contribution is 8.34. The summed E-state index contributed by atoms with van der Waals surface area (Å²) in [5, 5.41) is 5.00. The molecule has 1 aliphatic rings. The average Bonchev–Trinajstić information content (AvgIpc) is 3.60. The van der Waals surface area contributed by atoms with Crippen LogP contribution in [0.2, 0.25) is 0 Å². The van der Waals surface area contributed by atoms with Crippen LogP contribution in [0, 0.1) is 0 Å². The lowest BCUT2D eigenvalue weighted by Gasteiger charge is -2.41. The molecule has 9 aromatic carbocycles. The number of benzene rings is 9. The van der Waals surface area contributed by atoms with Gasteiger partial charge in [-0.25, -0.2) is 15.0 Å². The van der Waals surface area contributed by atoms with Crippen LogP contribution in [0.15, 0.2) is 232 Å². The van der Waals surface area contributed by atoms with Crippen LogP contribution in [0.5, 0.6) is 0 Å². The zero-order chi connectivity index (χ0) is 37.8. The molecule has 10 aromatic rings. The molecule has 1 aliphatic heterocycles. The molecule has 0 saturated heterocycles. The molecule has 4 heteroatoms. The van der Waals surface area contributed by atoms with Crippen LogP contribution in [0.25, 0.3) is 78.0 Å². The number of rotatable bonds is 6. The minimum Gasteiger partial charge on any atom is -0.208 e. The Morgan fingerprint density at radius 3 is 1.32 bits per heavy atom. The van der Waals surface area contributed by atoms with Crippen LogP contribution >= 0.6 is 10.0 Å². The molecule has 0 saturated carbocycles. The van der Waals surface area contributed by atoms with Crippen LogP contribution in [-0.4, -0.2) is 15.0 Å². The lowest BCUT2D eigenvalue weighted by atomic mass is 9.99. The number of aromatic nitrogens is 3. The van der Waals surface area contributed by atoms with Crippen molar-refractivity contribution in [3.8, 4) is 56.4 Å². The van der Waals surface area contributed by atoms with Gasteiger partial charge in [-0.15, -0.1) is 10.0 Å². The second-order valence-electron chi connectivity index (χ2n) is 14.4. The fraction of sp³-hybridized carbons (Fsp3) is 0. The molecule has 0 unspecified atom stereocenters. The molecule has 0 N–H and O–H groups in total. The Bertz CT molecular complexity index is 3030. The molecule has 2 heterocycles. The summed E-state index contributed by atoms with van der Waals surface area (Å²) in [5.41, 5.74) is 7.60. The first kappa shape index (κ1) is 33.2. The molecule has 0 radical (unpaired) electrons. The van der Waals surface area contributed by atoms with Gasteiger partial charge >= 0.3 is 0 Å². The predicted octanol–water partition coefficient (Wildman–Crippen LogP) is 14.2. The van der Waals surface area contributed by atoms with Gasteiger partial charge in [0.15, 0.2) is 17.5 Å². The Morgan fingerprint density at radius 2 is 0.667 bits per heavy atom. The lowest BCUT2D eigenvalue weighted by Crippen LogP contribution is -2.04. The van der Waals surface area contributed by atoms with Gasteiger partial charge < -0.3 is 0 Å². The van der Waals surface area contributed by atoms with Gasteiger partial charge in [0.2, 0.25) is 0 Å². The SMILES string of the molecule is c1ccc(-c2ccc(-c3nc(-c4ccccc4)nc(-c4cccc5c4-c4ccccc4S5(c4cccc5ccccc45)c4cccc5ccccc45)n3)cc2)cc1. The zero-order valence-electron chi connectivity index (χ0n) is 31.0. The van der Waals surface area contributed by atoms with E-state index in [0.29, 0.717) is 17.5 Å². The van der Waals surface area contributed by atoms with Crippen molar-refractivity contribution in [3.63, 3.8) is 0 Å². The molecule has 57 heavy (non-hydrogen) atoms. The molecule has 0 bridgehead atoms. The molecule has 0 spiro atoms. The molecule has 11 rings (SSSR count). The smallest absolute Gasteiger partial charge is 0.164 e. The Balaban J connectivity index is 1.21. The maximum atomic E-state index is 5.33. The van der Waals surface area contributed by atoms with Crippen molar-refractivity contribution < 1.29 is 0 Å². The van der Waals surface area contributed by atoms with Gasteiger partial charge in [-0.2, -0.15) is 0 Å². The topological polar surface area (TPSA) is 38.7 Å². The normalized spacial score (nSPS) is 13.3. The Kier molecular flexibility index (Phi) is 7.90. The van der Waals surface area contributed by atoms with Crippen molar-refractivity contribution in [2.75, 3.05) is 0 Å². The first-order valence-electron chi connectivity index (χ1n) is 19.3. The molecular weight excluding hydrogens is 711 g/mol. The summed E-state index contributed by atoms with van der Waals surface area (Å²) >= 11 is 0. The van der Waals surface area contributed by atoms with E-state index in [1.165, 1.54) is 57.8 Å². The van der Waals surface area contributed by atoms with E-state index in [4.69, 9.17) is 15.0 Å². The zero-order valence-corrected chi connectivity index (χ0v) is 31.8. The first-order valence-corrected chi connectivity index (χ1v) is 20.9. The maximum Gasteiger partial charge on any atom is 0.164 e.